The van der Waals surface area contributed by atoms with Gasteiger partial charge in [-0.05, 0) is 44.7 Å². The van der Waals surface area contributed by atoms with Crippen molar-refractivity contribution >= 4 is 27.7 Å². The largest absolute Gasteiger partial charge is 0.361 e. The van der Waals surface area contributed by atoms with Gasteiger partial charge < -0.3 is 9.84 Å². The molecule has 158 valence electrons. The van der Waals surface area contributed by atoms with Crippen molar-refractivity contribution < 1.29 is 17.7 Å². The standard InChI is InChI=1S/C20H27N3O4S2/c1-15-19(16(2)27-22-15)13-28-14-20(24)21-12-17-8-10-23(11-9-17)29(25,26)18-6-4-3-5-7-18/h3-7,17H,8-14H2,1-2H3,(H,21,24). The molecule has 1 aliphatic heterocycles. The Morgan fingerprint density at radius 2 is 1.93 bits per heavy atom. The van der Waals surface area contributed by atoms with Crippen LogP contribution in [0.2, 0.25) is 0 Å². The third-order valence-electron chi connectivity index (χ3n) is 5.20. The zero-order valence-corrected chi connectivity index (χ0v) is 18.4. The molecule has 0 spiro atoms. The summed E-state index contributed by atoms with van der Waals surface area (Å²) in [5, 5.41) is 6.90. The van der Waals surface area contributed by atoms with Crippen molar-refractivity contribution in [3.63, 3.8) is 0 Å². The lowest BCUT2D eigenvalue weighted by Gasteiger charge is -2.31. The van der Waals surface area contributed by atoms with Gasteiger partial charge in [-0.25, -0.2) is 8.42 Å². The predicted octanol–water partition coefficient (Wildman–Crippen LogP) is 2.74. The van der Waals surface area contributed by atoms with Gasteiger partial charge in [-0.1, -0.05) is 23.4 Å². The number of aromatic nitrogens is 1. The highest BCUT2D eigenvalue weighted by molar-refractivity contribution is 7.99. The van der Waals surface area contributed by atoms with Gasteiger partial charge in [-0.3, -0.25) is 4.79 Å². The number of amides is 1. The Labute approximate surface area is 176 Å². The van der Waals surface area contributed by atoms with E-state index in [0.717, 1.165) is 29.9 Å². The molecule has 1 saturated heterocycles. The second-order valence-electron chi connectivity index (χ2n) is 7.26. The van der Waals surface area contributed by atoms with Crippen molar-refractivity contribution in [1.82, 2.24) is 14.8 Å². The minimum atomic E-state index is -3.43. The average molecular weight is 438 g/mol. The van der Waals surface area contributed by atoms with Gasteiger partial charge in [-0.2, -0.15) is 4.31 Å². The Hall–Kier alpha value is -1.84. The highest BCUT2D eigenvalue weighted by Crippen LogP contribution is 2.23. The average Bonchev–Trinajstić information content (AvgIpc) is 3.05. The van der Waals surface area contributed by atoms with Crippen LogP contribution in [0.3, 0.4) is 0 Å². The smallest absolute Gasteiger partial charge is 0.243 e. The number of carbonyl (C=O) groups excluding carboxylic acids is 1. The first-order valence-corrected chi connectivity index (χ1v) is 12.3. The van der Waals surface area contributed by atoms with Gasteiger partial charge in [0, 0.05) is 31.0 Å². The summed E-state index contributed by atoms with van der Waals surface area (Å²) in [5.74, 6) is 2.18. The quantitative estimate of drug-likeness (QED) is 0.683. The third kappa shape index (κ3) is 5.61. The molecule has 1 amide bonds. The van der Waals surface area contributed by atoms with Crippen molar-refractivity contribution in [1.29, 1.82) is 0 Å². The van der Waals surface area contributed by atoms with Crippen LogP contribution >= 0.6 is 11.8 Å². The molecule has 0 bridgehead atoms. The summed E-state index contributed by atoms with van der Waals surface area (Å²) in [7, 11) is -3.43. The molecule has 1 aliphatic rings. The van der Waals surface area contributed by atoms with Crippen LogP contribution < -0.4 is 5.32 Å². The predicted molar refractivity (Wildman–Crippen MR) is 113 cm³/mol. The van der Waals surface area contributed by atoms with E-state index in [1.165, 1.54) is 11.8 Å². The molecule has 0 aliphatic carbocycles. The number of piperidine rings is 1. The van der Waals surface area contributed by atoms with Crippen LogP contribution in [-0.2, 0) is 20.6 Å². The number of thioether (sulfide) groups is 1. The van der Waals surface area contributed by atoms with Crippen LogP contribution in [0, 0.1) is 19.8 Å². The number of benzene rings is 1. The first-order chi connectivity index (χ1) is 13.9. The van der Waals surface area contributed by atoms with Gasteiger partial charge >= 0.3 is 0 Å². The maximum Gasteiger partial charge on any atom is 0.243 e. The lowest BCUT2D eigenvalue weighted by atomic mass is 9.98. The Morgan fingerprint density at radius 3 is 2.55 bits per heavy atom. The second-order valence-corrected chi connectivity index (χ2v) is 10.2. The van der Waals surface area contributed by atoms with E-state index in [-0.39, 0.29) is 5.91 Å². The van der Waals surface area contributed by atoms with E-state index in [2.05, 4.69) is 10.5 Å². The minimum absolute atomic E-state index is 0.00102. The third-order valence-corrected chi connectivity index (χ3v) is 8.08. The van der Waals surface area contributed by atoms with E-state index in [1.807, 2.05) is 13.8 Å². The van der Waals surface area contributed by atoms with Gasteiger partial charge in [0.05, 0.1) is 16.3 Å². The number of carbonyl (C=O) groups is 1. The second kappa shape index (κ2) is 9.77. The summed E-state index contributed by atoms with van der Waals surface area (Å²) in [6.45, 7) is 5.33. The van der Waals surface area contributed by atoms with Crippen LogP contribution in [0.5, 0.6) is 0 Å². The molecule has 2 aromatic rings. The highest BCUT2D eigenvalue weighted by atomic mass is 32.2. The van der Waals surface area contributed by atoms with E-state index in [4.69, 9.17) is 4.52 Å². The zero-order chi connectivity index (χ0) is 20.9. The summed E-state index contributed by atoms with van der Waals surface area (Å²) >= 11 is 1.54. The molecule has 0 unspecified atom stereocenters. The Balaban J connectivity index is 1.38. The van der Waals surface area contributed by atoms with E-state index in [0.29, 0.717) is 42.0 Å². The molecule has 0 atom stereocenters. The first-order valence-electron chi connectivity index (χ1n) is 9.69. The van der Waals surface area contributed by atoms with Crippen LogP contribution in [0.15, 0.2) is 39.8 Å². The number of nitrogens with zero attached hydrogens (tertiary/aromatic N) is 2. The SMILES string of the molecule is Cc1noc(C)c1CSCC(=O)NCC1CCN(S(=O)(=O)c2ccccc2)CC1. The molecule has 0 radical (unpaired) electrons. The Kier molecular flexibility index (Phi) is 7.37. The van der Waals surface area contributed by atoms with Crippen molar-refractivity contribution in [3.05, 3.63) is 47.3 Å². The maximum atomic E-state index is 12.7. The summed E-state index contributed by atoms with van der Waals surface area (Å²) in [6, 6.07) is 8.53. The fraction of sp³-hybridized carbons (Fsp3) is 0.500. The molecule has 3 rings (SSSR count). The molecule has 29 heavy (non-hydrogen) atoms. The van der Waals surface area contributed by atoms with Crippen LogP contribution in [0.1, 0.15) is 29.9 Å². The number of nitrogens with one attached hydrogen (secondary N) is 1. The van der Waals surface area contributed by atoms with E-state index < -0.39 is 10.0 Å². The van der Waals surface area contributed by atoms with Crippen molar-refractivity contribution in [2.45, 2.75) is 37.3 Å². The van der Waals surface area contributed by atoms with Crippen molar-refractivity contribution in [3.8, 4) is 0 Å². The monoisotopic (exact) mass is 437 g/mol. The molecule has 1 aromatic heterocycles. The molecular weight excluding hydrogens is 410 g/mol. The molecule has 0 saturated carbocycles. The normalized spacial score (nSPS) is 16.1. The highest BCUT2D eigenvalue weighted by Gasteiger charge is 2.29. The van der Waals surface area contributed by atoms with Crippen LogP contribution in [0.25, 0.3) is 0 Å². The number of hydrogen-bond acceptors (Lipinski definition) is 6. The lowest BCUT2D eigenvalue weighted by molar-refractivity contribution is -0.118. The summed E-state index contributed by atoms with van der Waals surface area (Å²) in [4.78, 5) is 12.5. The summed E-state index contributed by atoms with van der Waals surface area (Å²) in [5.41, 5.74) is 1.92. The molecule has 1 aromatic carbocycles. The van der Waals surface area contributed by atoms with Crippen molar-refractivity contribution in [2.24, 2.45) is 5.92 Å². The molecule has 1 fully saturated rings. The molecule has 1 N–H and O–H groups in total. The first kappa shape index (κ1) is 21.9. The summed E-state index contributed by atoms with van der Waals surface area (Å²) in [6.07, 6.45) is 1.50. The molecule has 9 heteroatoms. The topological polar surface area (TPSA) is 92.5 Å². The summed E-state index contributed by atoms with van der Waals surface area (Å²) < 4.78 is 32.0. The van der Waals surface area contributed by atoms with Crippen LogP contribution in [0.4, 0.5) is 0 Å². The number of sulfonamides is 1. The minimum Gasteiger partial charge on any atom is -0.361 e. The van der Waals surface area contributed by atoms with Crippen LogP contribution in [-0.4, -0.2) is 49.2 Å². The number of hydrogen-bond donors (Lipinski definition) is 1. The van der Waals surface area contributed by atoms with Gasteiger partial charge in [0.25, 0.3) is 0 Å². The van der Waals surface area contributed by atoms with Gasteiger partial charge in [-0.15, -0.1) is 11.8 Å². The van der Waals surface area contributed by atoms with E-state index >= 15 is 0 Å². The number of aryl methyl sites for hydroxylation is 2. The molecular formula is C20H27N3O4S2. The maximum absolute atomic E-state index is 12.7. The Morgan fingerprint density at radius 1 is 1.24 bits per heavy atom. The molecule has 7 nitrogen and oxygen atoms in total. The lowest BCUT2D eigenvalue weighted by Crippen LogP contribution is -2.41. The fourth-order valence-electron chi connectivity index (χ4n) is 3.36. The zero-order valence-electron chi connectivity index (χ0n) is 16.8. The Bertz CT molecular complexity index is 901. The number of rotatable bonds is 8. The van der Waals surface area contributed by atoms with Gasteiger partial charge in [0.2, 0.25) is 15.9 Å². The fourth-order valence-corrected chi connectivity index (χ4v) is 5.85. The van der Waals surface area contributed by atoms with Crippen molar-refractivity contribution in [2.75, 3.05) is 25.4 Å². The molecule has 2 heterocycles. The van der Waals surface area contributed by atoms with E-state index in [1.54, 1.807) is 34.6 Å². The van der Waals surface area contributed by atoms with Gasteiger partial charge in [0.1, 0.15) is 5.76 Å². The van der Waals surface area contributed by atoms with Gasteiger partial charge in [0.15, 0.2) is 0 Å². The van der Waals surface area contributed by atoms with E-state index in [9.17, 15) is 13.2 Å².